The van der Waals surface area contributed by atoms with Crippen LogP contribution < -0.4 is 9.47 Å². The Labute approximate surface area is 171 Å². The first kappa shape index (κ1) is 19.8. The summed E-state index contributed by atoms with van der Waals surface area (Å²) in [6, 6.07) is 13.2. The zero-order valence-corrected chi connectivity index (χ0v) is 16.5. The van der Waals surface area contributed by atoms with Crippen LogP contribution in [0.15, 0.2) is 53.4 Å². The smallest absolute Gasteiger partial charge is 0.269 e. The van der Waals surface area contributed by atoms with Gasteiger partial charge >= 0.3 is 0 Å². The lowest BCUT2D eigenvalue weighted by molar-refractivity contribution is -0.384. The average molecular weight is 416 g/mol. The van der Waals surface area contributed by atoms with Crippen molar-refractivity contribution in [2.75, 3.05) is 20.3 Å². The summed E-state index contributed by atoms with van der Waals surface area (Å²) in [4.78, 5) is 24.3. The number of carbonyl (C=O) groups is 1. The topological polar surface area (TPSA) is 81.9 Å². The second kappa shape index (κ2) is 8.85. The van der Waals surface area contributed by atoms with E-state index in [9.17, 15) is 14.9 Å². The van der Waals surface area contributed by atoms with Crippen molar-refractivity contribution in [2.24, 2.45) is 0 Å². The number of hydrogen-bond donors (Lipinski definition) is 0. The van der Waals surface area contributed by atoms with E-state index in [0.717, 1.165) is 5.56 Å². The molecule has 0 unspecified atom stereocenters. The van der Waals surface area contributed by atoms with Crippen LogP contribution in [-0.2, 0) is 4.79 Å². The summed E-state index contributed by atoms with van der Waals surface area (Å²) in [6.45, 7) is 0.591. The zero-order valence-electron chi connectivity index (χ0n) is 14.9. The molecule has 1 saturated heterocycles. The lowest BCUT2D eigenvalue weighted by atomic mass is 10.2. The molecule has 28 heavy (non-hydrogen) atoms. The van der Waals surface area contributed by atoms with Crippen LogP contribution in [0.25, 0.3) is 6.08 Å². The van der Waals surface area contributed by atoms with Crippen molar-refractivity contribution in [3.63, 3.8) is 0 Å². The number of nitro benzene ring substituents is 1. The van der Waals surface area contributed by atoms with Crippen molar-refractivity contribution in [1.82, 2.24) is 4.90 Å². The minimum Gasteiger partial charge on any atom is -0.490 e. The van der Waals surface area contributed by atoms with Gasteiger partial charge in [0.1, 0.15) is 29.0 Å². The van der Waals surface area contributed by atoms with E-state index in [4.69, 9.17) is 21.7 Å². The molecule has 0 aliphatic carbocycles. The molecule has 2 aromatic carbocycles. The Balaban J connectivity index is 1.53. The van der Waals surface area contributed by atoms with E-state index < -0.39 is 4.92 Å². The third-order valence-electron chi connectivity index (χ3n) is 3.81. The Morgan fingerprint density at radius 2 is 1.82 bits per heavy atom. The molecule has 1 aliphatic heterocycles. The molecule has 0 spiro atoms. The van der Waals surface area contributed by atoms with Gasteiger partial charge in [0.05, 0.1) is 9.83 Å². The molecule has 0 aromatic heterocycles. The molecule has 0 atom stereocenters. The Bertz CT molecular complexity index is 944. The predicted octanol–water partition coefficient (Wildman–Crippen LogP) is 3.88. The SMILES string of the molecule is CN1C(=O)/C(=C/c2cccc(OCCOc3ccc([N+](=O)[O-])cc3)c2)SC1=S. The molecular formula is C19H16N2O5S2. The number of nitrogens with zero attached hydrogens (tertiary/aromatic N) is 2. The molecule has 3 rings (SSSR count). The van der Waals surface area contributed by atoms with Gasteiger partial charge < -0.3 is 9.47 Å². The molecule has 1 fully saturated rings. The largest absolute Gasteiger partial charge is 0.490 e. The molecule has 144 valence electrons. The van der Waals surface area contributed by atoms with E-state index in [-0.39, 0.29) is 18.2 Å². The number of benzene rings is 2. The van der Waals surface area contributed by atoms with E-state index in [1.165, 1.54) is 28.8 Å². The summed E-state index contributed by atoms with van der Waals surface area (Å²) >= 11 is 6.39. The third kappa shape index (κ3) is 4.87. The van der Waals surface area contributed by atoms with Gasteiger partial charge in [-0.2, -0.15) is 0 Å². The summed E-state index contributed by atoms with van der Waals surface area (Å²) in [7, 11) is 1.66. The number of thiocarbonyl (C=S) groups is 1. The first-order chi connectivity index (χ1) is 13.4. The highest BCUT2D eigenvalue weighted by Crippen LogP contribution is 2.31. The fraction of sp³-hybridized carbons (Fsp3) is 0.158. The summed E-state index contributed by atoms with van der Waals surface area (Å²) in [5.74, 6) is 1.07. The minimum absolute atomic E-state index is 0.0143. The molecule has 0 bridgehead atoms. The molecule has 0 radical (unpaired) electrons. The van der Waals surface area contributed by atoms with Crippen LogP contribution >= 0.6 is 24.0 Å². The van der Waals surface area contributed by atoms with Crippen molar-refractivity contribution >= 4 is 46.0 Å². The second-order valence-corrected chi connectivity index (χ2v) is 7.44. The first-order valence-electron chi connectivity index (χ1n) is 8.26. The molecule has 9 heteroatoms. The number of likely N-dealkylation sites (N-methyl/N-ethyl adjacent to an activating group) is 1. The summed E-state index contributed by atoms with van der Waals surface area (Å²) in [6.07, 6.45) is 1.78. The number of carbonyl (C=O) groups excluding carboxylic acids is 1. The molecule has 1 aliphatic rings. The standard InChI is InChI=1S/C19H16N2O5S2/c1-20-18(22)17(28-19(20)27)12-13-3-2-4-16(11-13)26-10-9-25-15-7-5-14(6-8-15)21(23)24/h2-8,11-12H,9-10H2,1H3/b17-12-. The van der Waals surface area contributed by atoms with E-state index in [1.54, 1.807) is 25.3 Å². The molecule has 0 N–H and O–H groups in total. The minimum atomic E-state index is -0.460. The van der Waals surface area contributed by atoms with Crippen LogP contribution in [0.1, 0.15) is 5.56 Å². The lowest BCUT2D eigenvalue weighted by Gasteiger charge is -2.09. The van der Waals surface area contributed by atoms with Gasteiger partial charge in [-0.3, -0.25) is 19.8 Å². The number of thioether (sulfide) groups is 1. The maximum atomic E-state index is 12.1. The Morgan fingerprint density at radius 3 is 2.43 bits per heavy atom. The Morgan fingerprint density at radius 1 is 1.14 bits per heavy atom. The lowest BCUT2D eigenvalue weighted by Crippen LogP contribution is -2.22. The van der Waals surface area contributed by atoms with Gasteiger partial charge in [0.15, 0.2) is 0 Å². The van der Waals surface area contributed by atoms with Crippen molar-refractivity contribution in [1.29, 1.82) is 0 Å². The molecular weight excluding hydrogens is 400 g/mol. The van der Waals surface area contributed by atoms with Crippen molar-refractivity contribution < 1.29 is 19.2 Å². The van der Waals surface area contributed by atoms with Gasteiger partial charge in [0, 0.05) is 19.2 Å². The van der Waals surface area contributed by atoms with Crippen LogP contribution in [0, 0.1) is 10.1 Å². The van der Waals surface area contributed by atoms with Crippen LogP contribution in [-0.4, -0.2) is 40.3 Å². The van der Waals surface area contributed by atoms with E-state index >= 15 is 0 Å². The summed E-state index contributed by atoms with van der Waals surface area (Å²) in [5, 5.41) is 10.6. The number of non-ortho nitro benzene ring substituents is 1. The van der Waals surface area contributed by atoms with Gasteiger partial charge in [0.25, 0.3) is 11.6 Å². The predicted molar refractivity (Wildman–Crippen MR) is 111 cm³/mol. The van der Waals surface area contributed by atoms with Gasteiger partial charge in [-0.1, -0.05) is 36.1 Å². The van der Waals surface area contributed by atoms with Crippen molar-refractivity contribution in [3.8, 4) is 11.5 Å². The van der Waals surface area contributed by atoms with Crippen molar-refractivity contribution in [2.45, 2.75) is 0 Å². The van der Waals surface area contributed by atoms with Gasteiger partial charge in [-0.25, -0.2) is 0 Å². The fourth-order valence-electron chi connectivity index (χ4n) is 2.37. The molecule has 1 heterocycles. The van der Waals surface area contributed by atoms with E-state index in [0.29, 0.717) is 27.3 Å². The number of ether oxygens (including phenoxy) is 2. The maximum Gasteiger partial charge on any atom is 0.269 e. The second-order valence-electron chi connectivity index (χ2n) is 5.76. The Kier molecular flexibility index (Phi) is 6.27. The molecule has 2 aromatic rings. The average Bonchev–Trinajstić information content (AvgIpc) is 2.92. The first-order valence-corrected chi connectivity index (χ1v) is 9.48. The fourth-order valence-corrected chi connectivity index (χ4v) is 3.55. The van der Waals surface area contributed by atoms with E-state index in [2.05, 4.69) is 0 Å². The van der Waals surface area contributed by atoms with E-state index in [1.807, 2.05) is 24.3 Å². The summed E-state index contributed by atoms with van der Waals surface area (Å²) in [5.41, 5.74) is 0.850. The molecule has 7 nitrogen and oxygen atoms in total. The van der Waals surface area contributed by atoms with Crippen LogP contribution in [0.3, 0.4) is 0 Å². The van der Waals surface area contributed by atoms with Crippen LogP contribution in [0.5, 0.6) is 11.5 Å². The quantitative estimate of drug-likeness (QED) is 0.223. The number of rotatable bonds is 7. The molecule has 1 amide bonds. The maximum absolute atomic E-state index is 12.1. The number of hydrogen-bond acceptors (Lipinski definition) is 7. The number of nitro groups is 1. The van der Waals surface area contributed by atoms with Gasteiger partial charge in [-0.15, -0.1) is 0 Å². The highest BCUT2D eigenvalue weighted by atomic mass is 32.2. The number of amides is 1. The van der Waals surface area contributed by atoms with Crippen LogP contribution in [0.4, 0.5) is 5.69 Å². The highest BCUT2D eigenvalue weighted by molar-refractivity contribution is 8.26. The van der Waals surface area contributed by atoms with Crippen molar-refractivity contribution in [3.05, 3.63) is 69.1 Å². The van der Waals surface area contributed by atoms with Gasteiger partial charge in [-0.05, 0) is 35.9 Å². The monoisotopic (exact) mass is 416 g/mol. The molecule has 0 saturated carbocycles. The Hall–Kier alpha value is -2.91. The summed E-state index contributed by atoms with van der Waals surface area (Å²) < 4.78 is 11.7. The normalized spacial score (nSPS) is 15.2. The van der Waals surface area contributed by atoms with Gasteiger partial charge in [0.2, 0.25) is 0 Å². The zero-order chi connectivity index (χ0) is 20.1. The highest BCUT2D eigenvalue weighted by Gasteiger charge is 2.28. The third-order valence-corrected chi connectivity index (χ3v) is 5.30. The van der Waals surface area contributed by atoms with Crippen LogP contribution in [0.2, 0.25) is 0 Å².